The molecular formula is C21H26N8. The number of fused-ring (bicyclic) bond motifs is 1. The zero-order chi connectivity index (χ0) is 20.8. The van der Waals surface area contributed by atoms with Gasteiger partial charge in [0.15, 0.2) is 5.82 Å². The summed E-state index contributed by atoms with van der Waals surface area (Å²) in [5, 5.41) is 22.1. The fourth-order valence-corrected chi connectivity index (χ4v) is 3.15. The molecule has 29 heavy (non-hydrogen) atoms. The Hall–Kier alpha value is -3.55. The number of anilines is 3. The van der Waals surface area contributed by atoms with Gasteiger partial charge in [0.1, 0.15) is 5.82 Å². The molecule has 150 valence electrons. The van der Waals surface area contributed by atoms with Crippen molar-refractivity contribution in [2.24, 2.45) is 0 Å². The Morgan fingerprint density at radius 1 is 1.17 bits per heavy atom. The fourth-order valence-electron chi connectivity index (χ4n) is 3.15. The van der Waals surface area contributed by atoms with Gasteiger partial charge in [-0.25, -0.2) is 4.98 Å². The average Bonchev–Trinajstić information content (AvgIpc) is 2.72. The van der Waals surface area contributed by atoms with Gasteiger partial charge in [-0.1, -0.05) is 0 Å². The van der Waals surface area contributed by atoms with Crippen LogP contribution >= 0.6 is 0 Å². The molecule has 3 heterocycles. The van der Waals surface area contributed by atoms with Crippen molar-refractivity contribution in [1.82, 2.24) is 25.5 Å². The van der Waals surface area contributed by atoms with Crippen molar-refractivity contribution in [2.75, 3.05) is 23.8 Å². The molecule has 3 N–H and O–H groups in total. The zero-order valence-electron chi connectivity index (χ0n) is 17.1. The van der Waals surface area contributed by atoms with Crippen LogP contribution in [0, 0.1) is 5.41 Å². The molecule has 0 amide bonds. The third kappa shape index (κ3) is 4.66. The predicted molar refractivity (Wildman–Crippen MR) is 119 cm³/mol. The van der Waals surface area contributed by atoms with E-state index >= 15 is 0 Å². The SMILES string of the molecule is CCN(c1cnnc(Nc2ccc3ncc(/C(C=N)=C/NC)cc3n2)c1)C(C)C. The van der Waals surface area contributed by atoms with Crippen molar-refractivity contribution >= 4 is 40.1 Å². The summed E-state index contributed by atoms with van der Waals surface area (Å²) in [7, 11) is 1.80. The van der Waals surface area contributed by atoms with Crippen LogP contribution in [0.2, 0.25) is 0 Å². The van der Waals surface area contributed by atoms with E-state index in [4.69, 9.17) is 5.41 Å². The van der Waals surface area contributed by atoms with E-state index in [0.717, 1.165) is 34.4 Å². The van der Waals surface area contributed by atoms with Gasteiger partial charge in [-0.3, -0.25) is 4.98 Å². The minimum absolute atomic E-state index is 0.369. The molecule has 0 aliphatic heterocycles. The van der Waals surface area contributed by atoms with Gasteiger partial charge < -0.3 is 20.9 Å². The van der Waals surface area contributed by atoms with E-state index in [1.807, 2.05) is 24.3 Å². The van der Waals surface area contributed by atoms with Gasteiger partial charge in [-0.2, -0.15) is 5.10 Å². The molecule has 3 aromatic rings. The lowest BCUT2D eigenvalue weighted by Crippen LogP contribution is -2.30. The lowest BCUT2D eigenvalue weighted by atomic mass is 10.1. The molecule has 3 rings (SSSR count). The molecule has 0 radical (unpaired) electrons. The normalized spacial score (nSPS) is 11.6. The first-order valence-corrected chi connectivity index (χ1v) is 9.57. The molecule has 0 saturated carbocycles. The van der Waals surface area contributed by atoms with E-state index in [-0.39, 0.29) is 0 Å². The second-order valence-corrected chi connectivity index (χ2v) is 6.80. The smallest absolute Gasteiger partial charge is 0.156 e. The average molecular weight is 390 g/mol. The molecule has 0 aromatic carbocycles. The van der Waals surface area contributed by atoms with Crippen molar-refractivity contribution < 1.29 is 0 Å². The Balaban J connectivity index is 1.91. The first-order chi connectivity index (χ1) is 14.0. The van der Waals surface area contributed by atoms with Crippen LogP contribution in [-0.2, 0) is 0 Å². The zero-order valence-corrected chi connectivity index (χ0v) is 17.1. The molecule has 0 aliphatic carbocycles. The maximum Gasteiger partial charge on any atom is 0.156 e. The lowest BCUT2D eigenvalue weighted by Gasteiger charge is -2.27. The lowest BCUT2D eigenvalue weighted by molar-refractivity contribution is 0.700. The highest BCUT2D eigenvalue weighted by atomic mass is 15.2. The molecule has 0 spiro atoms. The Labute approximate surface area is 170 Å². The van der Waals surface area contributed by atoms with Crippen molar-refractivity contribution in [3.63, 3.8) is 0 Å². The van der Waals surface area contributed by atoms with E-state index in [1.165, 1.54) is 6.21 Å². The quantitative estimate of drug-likeness (QED) is 0.505. The van der Waals surface area contributed by atoms with E-state index in [2.05, 4.69) is 56.5 Å². The number of hydrogen-bond donors (Lipinski definition) is 3. The van der Waals surface area contributed by atoms with Crippen molar-refractivity contribution in [3.8, 4) is 0 Å². The largest absolute Gasteiger partial charge is 0.393 e. The third-order valence-electron chi connectivity index (χ3n) is 4.52. The van der Waals surface area contributed by atoms with E-state index < -0.39 is 0 Å². The summed E-state index contributed by atoms with van der Waals surface area (Å²) in [6.07, 6.45) is 6.56. The molecule has 8 heteroatoms. The van der Waals surface area contributed by atoms with Crippen LogP contribution in [-0.4, -0.2) is 46.0 Å². The van der Waals surface area contributed by atoms with E-state index in [1.54, 1.807) is 25.6 Å². The fraction of sp³-hybridized carbons (Fsp3) is 0.286. The number of pyridine rings is 2. The summed E-state index contributed by atoms with van der Waals surface area (Å²) < 4.78 is 0. The van der Waals surface area contributed by atoms with Crippen LogP contribution in [0.3, 0.4) is 0 Å². The molecule has 0 bridgehead atoms. The number of rotatable bonds is 8. The molecule has 0 aliphatic rings. The topological polar surface area (TPSA) is 103 Å². The summed E-state index contributed by atoms with van der Waals surface area (Å²) in [5.41, 5.74) is 4.08. The Morgan fingerprint density at radius 3 is 2.69 bits per heavy atom. The first-order valence-electron chi connectivity index (χ1n) is 9.57. The van der Waals surface area contributed by atoms with Crippen LogP contribution in [0.25, 0.3) is 16.6 Å². The first kappa shape index (κ1) is 20.2. The summed E-state index contributed by atoms with van der Waals surface area (Å²) >= 11 is 0. The molecule has 3 aromatic heterocycles. The van der Waals surface area contributed by atoms with Crippen LogP contribution in [0.1, 0.15) is 26.3 Å². The minimum Gasteiger partial charge on any atom is -0.393 e. The second kappa shape index (κ2) is 9.09. The van der Waals surface area contributed by atoms with Crippen LogP contribution in [0.15, 0.2) is 42.9 Å². The highest BCUT2D eigenvalue weighted by molar-refractivity contribution is 6.08. The maximum atomic E-state index is 7.59. The molecule has 0 saturated heterocycles. The Bertz CT molecular complexity index is 1030. The van der Waals surface area contributed by atoms with Gasteiger partial charge in [0, 0.05) is 55.4 Å². The van der Waals surface area contributed by atoms with Gasteiger partial charge in [0.25, 0.3) is 0 Å². The monoisotopic (exact) mass is 390 g/mol. The Kier molecular flexibility index (Phi) is 6.33. The highest BCUT2D eigenvalue weighted by Crippen LogP contribution is 2.22. The van der Waals surface area contributed by atoms with Crippen molar-refractivity contribution in [2.45, 2.75) is 26.8 Å². The number of aromatic nitrogens is 4. The van der Waals surface area contributed by atoms with Gasteiger partial charge in [0.2, 0.25) is 0 Å². The Morgan fingerprint density at radius 2 is 2.00 bits per heavy atom. The van der Waals surface area contributed by atoms with Crippen LogP contribution in [0.5, 0.6) is 0 Å². The maximum absolute atomic E-state index is 7.59. The summed E-state index contributed by atoms with van der Waals surface area (Å²) in [4.78, 5) is 11.4. The molecule has 8 nitrogen and oxygen atoms in total. The van der Waals surface area contributed by atoms with Crippen LogP contribution < -0.4 is 15.5 Å². The summed E-state index contributed by atoms with van der Waals surface area (Å²) in [6, 6.07) is 8.03. The minimum atomic E-state index is 0.369. The summed E-state index contributed by atoms with van der Waals surface area (Å²) in [5.74, 6) is 1.29. The standard InChI is InChI=1S/C21H26N8/c1-5-29(14(2)3)17-9-21(28-25-13-17)27-20-7-6-18-19(26-20)8-15(12-24-18)16(10-22)11-23-4/h6-14,22-23H,5H2,1-4H3,(H,26,27,28)/b16-11+,22-10?. The molecule has 0 unspecified atom stereocenters. The van der Waals surface area contributed by atoms with Gasteiger partial charge in [-0.15, -0.1) is 5.10 Å². The van der Waals surface area contributed by atoms with Gasteiger partial charge in [0.05, 0.1) is 22.9 Å². The second-order valence-electron chi connectivity index (χ2n) is 6.80. The van der Waals surface area contributed by atoms with E-state index in [9.17, 15) is 0 Å². The molecule has 0 atom stereocenters. The summed E-state index contributed by atoms with van der Waals surface area (Å²) in [6.45, 7) is 7.31. The molecular weight excluding hydrogens is 364 g/mol. The molecule has 0 fully saturated rings. The van der Waals surface area contributed by atoms with Crippen molar-refractivity contribution in [3.05, 3.63) is 48.4 Å². The van der Waals surface area contributed by atoms with E-state index in [0.29, 0.717) is 17.7 Å². The van der Waals surface area contributed by atoms with Gasteiger partial charge >= 0.3 is 0 Å². The number of hydrogen-bond acceptors (Lipinski definition) is 8. The number of nitrogens with zero attached hydrogens (tertiary/aromatic N) is 5. The number of nitrogens with one attached hydrogen (secondary N) is 3. The third-order valence-corrected chi connectivity index (χ3v) is 4.52. The predicted octanol–water partition coefficient (Wildman–Crippen LogP) is 3.61. The van der Waals surface area contributed by atoms with Crippen molar-refractivity contribution in [1.29, 1.82) is 5.41 Å². The highest BCUT2D eigenvalue weighted by Gasteiger charge is 2.11. The number of allylic oxidation sites excluding steroid dienone is 1. The van der Waals surface area contributed by atoms with Crippen LogP contribution in [0.4, 0.5) is 17.3 Å². The van der Waals surface area contributed by atoms with Gasteiger partial charge in [-0.05, 0) is 39.0 Å².